The predicted octanol–water partition coefficient (Wildman–Crippen LogP) is 2.44. The number of aromatic nitrogens is 1. The molecule has 1 aromatic heterocycles. The third-order valence-electron chi connectivity index (χ3n) is 3.99. The van der Waals surface area contributed by atoms with Crippen molar-refractivity contribution in [2.24, 2.45) is 0 Å². The van der Waals surface area contributed by atoms with Crippen LogP contribution in [0, 0.1) is 0 Å². The average molecular weight is 287 g/mol. The van der Waals surface area contributed by atoms with E-state index in [4.69, 9.17) is 10.5 Å². The van der Waals surface area contributed by atoms with Crippen LogP contribution in [0.3, 0.4) is 0 Å². The van der Waals surface area contributed by atoms with Crippen LogP contribution in [0.2, 0.25) is 0 Å². The fourth-order valence-corrected chi connectivity index (χ4v) is 2.87. The third-order valence-corrected chi connectivity index (χ3v) is 3.99. The van der Waals surface area contributed by atoms with Crippen molar-refractivity contribution >= 4 is 22.5 Å². The van der Waals surface area contributed by atoms with E-state index in [0.717, 1.165) is 23.7 Å². The second kappa shape index (κ2) is 6.18. The zero-order chi connectivity index (χ0) is 14.7. The molecular weight excluding hydrogens is 266 g/mol. The molecular formula is C16H21N3O2. The zero-order valence-electron chi connectivity index (χ0n) is 12.0. The molecule has 4 N–H and O–H groups in total. The second-order valence-corrected chi connectivity index (χ2v) is 5.54. The predicted molar refractivity (Wildman–Crippen MR) is 83.3 cm³/mol. The molecule has 0 saturated heterocycles. The number of H-pyrrole nitrogens is 1. The molecule has 1 aliphatic carbocycles. The monoisotopic (exact) mass is 287 g/mol. The molecule has 1 aromatic carbocycles. The van der Waals surface area contributed by atoms with Gasteiger partial charge in [0.25, 0.3) is 5.91 Å². The average Bonchev–Trinajstić information content (AvgIpc) is 3.12. The molecule has 0 unspecified atom stereocenters. The van der Waals surface area contributed by atoms with Gasteiger partial charge in [-0.25, -0.2) is 0 Å². The van der Waals surface area contributed by atoms with E-state index in [1.165, 1.54) is 12.8 Å². The number of benzene rings is 1. The van der Waals surface area contributed by atoms with Crippen molar-refractivity contribution in [1.82, 2.24) is 10.3 Å². The van der Waals surface area contributed by atoms with Crippen LogP contribution in [-0.4, -0.2) is 30.1 Å². The van der Waals surface area contributed by atoms with Crippen LogP contribution in [-0.2, 0) is 4.74 Å². The number of anilines is 1. The maximum Gasteiger partial charge on any atom is 0.253 e. The minimum Gasteiger partial charge on any atom is -0.399 e. The van der Waals surface area contributed by atoms with Gasteiger partial charge in [-0.15, -0.1) is 0 Å². The van der Waals surface area contributed by atoms with E-state index in [2.05, 4.69) is 10.3 Å². The van der Waals surface area contributed by atoms with Crippen LogP contribution in [0.5, 0.6) is 0 Å². The summed E-state index contributed by atoms with van der Waals surface area (Å²) in [6.07, 6.45) is 6.93. The summed E-state index contributed by atoms with van der Waals surface area (Å²) in [6, 6.07) is 5.50. The Morgan fingerprint density at radius 2 is 2.19 bits per heavy atom. The van der Waals surface area contributed by atoms with E-state index in [-0.39, 0.29) is 5.91 Å². The molecule has 5 heteroatoms. The van der Waals surface area contributed by atoms with Gasteiger partial charge in [-0.05, 0) is 31.0 Å². The van der Waals surface area contributed by atoms with Crippen molar-refractivity contribution in [3.63, 3.8) is 0 Å². The number of ether oxygens (including phenoxy) is 1. The Bertz CT molecular complexity index is 629. The lowest BCUT2D eigenvalue weighted by molar-refractivity contribution is 0.0582. The second-order valence-electron chi connectivity index (χ2n) is 5.54. The van der Waals surface area contributed by atoms with Crippen molar-refractivity contribution in [1.29, 1.82) is 0 Å². The maximum atomic E-state index is 12.2. The Hall–Kier alpha value is -2.01. The summed E-state index contributed by atoms with van der Waals surface area (Å²) < 4.78 is 5.73. The third kappa shape index (κ3) is 3.19. The molecule has 5 nitrogen and oxygen atoms in total. The van der Waals surface area contributed by atoms with E-state index in [9.17, 15) is 4.79 Å². The molecule has 0 aliphatic heterocycles. The summed E-state index contributed by atoms with van der Waals surface area (Å²) in [5.74, 6) is -0.0824. The molecule has 0 spiro atoms. The number of hydrogen-bond donors (Lipinski definition) is 3. The van der Waals surface area contributed by atoms with E-state index >= 15 is 0 Å². The summed E-state index contributed by atoms with van der Waals surface area (Å²) >= 11 is 0. The summed E-state index contributed by atoms with van der Waals surface area (Å²) in [4.78, 5) is 15.3. The molecule has 1 fully saturated rings. The Morgan fingerprint density at radius 3 is 3.00 bits per heavy atom. The number of rotatable bonds is 5. The van der Waals surface area contributed by atoms with Crippen LogP contribution in [0.15, 0.2) is 24.4 Å². The molecule has 2 aromatic rings. The van der Waals surface area contributed by atoms with Gasteiger partial charge in [-0.2, -0.15) is 0 Å². The lowest BCUT2D eigenvalue weighted by Gasteiger charge is -2.11. The molecule has 0 atom stereocenters. The summed E-state index contributed by atoms with van der Waals surface area (Å²) in [5, 5.41) is 3.79. The van der Waals surface area contributed by atoms with Crippen molar-refractivity contribution < 1.29 is 9.53 Å². The topological polar surface area (TPSA) is 80.1 Å². The number of nitrogen functional groups attached to an aromatic ring is 1. The van der Waals surface area contributed by atoms with Gasteiger partial charge in [-0.1, -0.05) is 12.8 Å². The fraction of sp³-hybridized carbons (Fsp3) is 0.438. The largest absolute Gasteiger partial charge is 0.399 e. The van der Waals surface area contributed by atoms with Gasteiger partial charge in [0.05, 0.1) is 18.3 Å². The van der Waals surface area contributed by atoms with Crippen LogP contribution in [0.1, 0.15) is 36.0 Å². The lowest BCUT2D eigenvalue weighted by atomic mass is 10.1. The van der Waals surface area contributed by atoms with Crippen LogP contribution >= 0.6 is 0 Å². The first-order valence-electron chi connectivity index (χ1n) is 7.50. The molecule has 112 valence electrons. The van der Waals surface area contributed by atoms with Crippen molar-refractivity contribution in [3.8, 4) is 0 Å². The SMILES string of the molecule is Nc1ccc2c(C(=O)NCCOC3CCCC3)c[nH]c2c1. The Balaban J connectivity index is 1.54. The van der Waals surface area contributed by atoms with Crippen LogP contribution in [0.25, 0.3) is 10.9 Å². The highest BCUT2D eigenvalue weighted by atomic mass is 16.5. The highest BCUT2D eigenvalue weighted by molar-refractivity contribution is 6.07. The number of aromatic amines is 1. The smallest absolute Gasteiger partial charge is 0.253 e. The normalized spacial score (nSPS) is 15.6. The Kier molecular flexibility index (Phi) is 4.10. The molecule has 1 aliphatic rings. The van der Waals surface area contributed by atoms with Crippen LogP contribution < -0.4 is 11.1 Å². The first kappa shape index (κ1) is 13.9. The molecule has 3 rings (SSSR count). The quantitative estimate of drug-likeness (QED) is 0.583. The number of amides is 1. The maximum absolute atomic E-state index is 12.2. The highest BCUT2D eigenvalue weighted by Gasteiger charge is 2.15. The Morgan fingerprint density at radius 1 is 1.38 bits per heavy atom. The molecule has 1 saturated carbocycles. The summed E-state index contributed by atoms with van der Waals surface area (Å²) in [5.41, 5.74) is 7.93. The lowest BCUT2D eigenvalue weighted by Crippen LogP contribution is -2.28. The highest BCUT2D eigenvalue weighted by Crippen LogP contribution is 2.21. The minimum atomic E-state index is -0.0824. The molecule has 21 heavy (non-hydrogen) atoms. The van der Waals surface area contributed by atoms with Gasteiger partial charge in [0, 0.05) is 29.3 Å². The number of hydrogen-bond acceptors (Lipinski definition) is 3. The van der Waals surface area contributed by atoms with Crippen LogP contribution in [0.4, 0.5) is 5.69 Å². The zero-order valence-corrected chi connectivity index (χ0v) is 12.0. The van der Waals surface area contributed by atoms with Gasteiger partial charge in [-0.3, -0.25) is 4.79 Å². The van der Waals surface area contributed by atoms with E-state index in [1.54, 1.807) is 12.3 Å². The van der Waals surface area contributed by atoms with E-state index < -0.39 is 0 Å². The van der Waals surface area contributed by atoms with Gasteiger partial charge >= 0.3 is 0 Å². The molecule has 0 radical (unpaired) electrons. The summed E-state index contributed by atoms with van der Waals surface area (Å²) in [7, 11) is 0. The fourth-order valence-electron chi connectivity index (χ4n) is 2.87. The van der Waals surface area contributed by atoms with Crippen molar-refractivity contribution in [2.45, 2.75) is 31.8 Å². The minimum absolute atomic E-state index is 0.0824. The number of fused-ring (bicyclic) bond motifs is 1. The van der Waals surface area contributed by atoms with Gasteiger partial charge in [0.15, 0.2) is 0 Å². The summed E-state index contributed by atoms with van der Waals surface area (Å²) in [6.45, 7) is 1.11. The van der Waals surface area contributed by atoms with Crippen molar-refractivity contribution in [3.05, 3.63) is 30.0 Å². The van der Waals surface area contributed by atoms with E-state index in [0.29, 0.717) is 30.5 Å². The van der Waals surface area contributed by atoms with Gasteiger partial charge in [0.1, 0.15) is 0 Å². The molecule has 1 amide bonds. The Labute approximate surface area is 123 Å². The van der Waals surface area contributed by atoms with E-state index in [1.807, 2.05) is 12.1 Å². The van der Waals surface area contributed by atoms with Gasteiger partial charge in [0.2, 0.25) is 0 Å². The first-order chi connectivity index (χ1) is 10.2. The number of carbonyl (C=O) groups excluding carboxylic acids is 1. The first-order valence-corrected chi connectivity index (χ1v) is 7.50. The van der Waals surface area contributed by atoms with Crippen molar-refractivity contribution in [2.75, 3.05) is 18.9 Å². The number of carbonyl (C=O) groups is 1. The van der Waals surface area contributed by atoms with Gasteiger partial charge < -0.3 is 20.8 Å². The standard InChI is InChI=1S/C16H21N3O2/c17-11-5-6-13-14(10-19-15(13)9-11)16(20)18-7-8-21-12-3-1-2-4-12/h5-6,9-10,12,19H,1-4,7-8,17H2,(H,18,20). The number of nitrogens with two attached hydrogens (primary N) is 1. The molecule has 1 heterocycles. The number of nitrogens with one attached hydrogen (secondary N) is 2. The molecule has 0 bridgehead atoms.